The van der Waals surface area contributed by atoms with Crippen molar-refractivity contribution in [2.24, 2.45) is 5.41 Å². The fourth-order valence-electron chi connectivity index (χ4n) is 1.91. The van der Waals surface area contributed by atoms with Gasteiger partial charge in [-0.25, -0.2) is 0 Å². The van der Waals surface area contributed by atoms with Gasteiger partial charge < -0.3 is 10.6 Å². The normalized spacial score (nSPS) is 32.5. The van der Waals surface area contributed by atoms with Crippen LogP contribution in [0.3, 0.4) is 0 Å². The second-order valence-electron chi connectivity index (χ2n) is 5.76. The SMILES string of the molecule is CC1CCC(NC(=O)C(C)(C)C)C(C)N1. The third kappa shape index (κ3) is 3.49. The predicted molar refractivity (Wildman–Crippen MR) is 62.7 cm³/mol. The molecule has 3 atom stereocenters. The minimum atomic E-state index is -0.289. The minimum absolute atomic E-state index is 0.149. The lowest BCUT2D eigenvalue weighted by atomic mass is 9.91. The molecule has 0 aromatic heterocycles. The lowest BCUT2D eigenvalue weighted by Gasteiger charge is -2.36. The number of hydrogen-bond acceptors (Lipinski definition) is 2. The van der Waals surface area contributed by atoms with E-state index in [9.17, 15) is 4.79 Å². The molecule has 3 heteroatoms. The van der Waals surface area contributed by atoms with Gasteiger partial charge in [0.15, 0.2) is 0 Å². The largest absolute Gasteiger partial charge is 0.351 e. The van der Waals surface area contributed by atoms with E-state index in [4.69, 9.17) is 0 Å². The number of amides is 1. The maximum atomic E-state index is 11.8. The Morgan fingerprint density at radius 3 is 2.33 bits per heavy atom. The van der Waals surface area contributed by atoms with Gasteiger partial charge in [-0.15, -0.1) is 0 Å². The summed E-state index contributed by atoms with van der Waals surface area (Å²) in [6, 6.07) is 1.23. The van der Waals surface area contributed by atoms with Crippen molar-refractivity contribution in [3.05, 3.63) is 0 Å². The van der Waals surface area contributed by atoms with Crippen LogP contribution >= 0.6 is 0 Å². The quantitative estimate of drug-likeness (QED) is 0.694. The zero-order valence-corrected chi connectivity index (χ0v) is 10.6. The van der Waals surface area contributed by atoms with E-state index in [2.05, 4.69) is 24.5 Å². The van der Waals surface area contributed by atoms with Gasteiger partial charge >= 0.3 is 0 Å². The third-order valence-corrected chi connectivity index (χ3v) is 3.06. The maximum Gasteiger partial charge on any atom is 0.225 e. The summed E-state index contributed by atoms with van der Waals surface area (Å²) in [4.78, 5) is 11.8. The molecule has 1 saturated heterocycles. The maximum absolute atomic E-state index is 11.8. The summed E-state index contributed by atoms with van der Waals surface area (Å²) in [6.07, 6.45) is 2.22. The minimum Gasteiger partial charge on any atom is -0.351 e. The Morgan fingerprint density at radius 2 is 1.87 bits per heavy atom. The van der Waals surface area contributed by atoms with Crippen molar-refractivity contribution in [1.29, 1.82) is 0 Å². The Labute approximate surface area is 93.0 Å². The van der Waals surface area contributed by atoms with Gasteiger partial charge in [0.1, 0.15) is 0 Å². The fraction of sp³-hybridized carbons (Fsp3) is 0.917. The Balaban J connectivity index is 2.49. The number of carbonyl (C=O) groups is 1. The zero-order valence-electron chi connectivity index (χ0n) is 10.6. The monoisotopic (exact) mass is 212 g/mol. The summed E-state index contributed by atoms with van der Waals surface area (Å²) in [5, 5.41) is 6.60. The lowest BCUT2D eigenvalue weighted by molar-refractivity contribution is -0.129. The molecule has 1 rings (SSSR count). The number of carbonyl (C=O) groups excluding carboxylic acids is 1. The highest BCUT2D eigenvalue weighted by molar-refractivity contribution is 5.81. The summed E-state index contributed by atoms with van der Waals surface area (Å²) in [7, 11) is 0. The summed E-state index contributed by atoms with van der Waals surface area (Å²) < 4.78 is 0. The molecule has 0 saturated carbocycles. The Hall–Kier alpha value is -0.570. The van der Waals surface area contributed by atoms with Crippen LogP contribution in [0, 0.1) is 5.41 Å². The van der Waals surface area contributed by atoms with Crippen LogP contribution in [0.15, 0.2) is 0 Å². The Bertz CT molecular complexity index is 232. The smallest absolute Gasteiger partial charge is 0.225 e. The van der Waals surface area contributed by atoms with Crippen molar-refractivity contribution >= 4 is 5.91 Å². The second kappa shape index (κ2) is 4.52. The molecule has 88 valence electrons. The van der Waals surface area contributed by atoms with Gasteiger partial charge in [-0.1, -0.05) is 20.8 Å². The van der Waals surface area contributed by atoms with E-state index in [1.165, 1.54) is 0 Å². The highest BCUT2D eigenvalue weighted by atomic mass is 16.2. The molecule has 3 unspecified atom stereocenters. The van der Waals surface area contributed by atoms with Gasteiger partial charge in [-0.2, -0.15) is 0 Å². The van der Waals surface area contributed by atoms with Crippen LogP contribution in [0.2, 0.25) is 0 Å². The van der Waals surface area contributed by atoms with Crippen LogP contribution in [-0.2, 0) is 4.79 Å². The van der Waals surface area contributed by atoms with Crippen LogP contribution in [0.5, 0.6) is 0 Å². The number of hydrogen-bond donors (Lipinski definition) is 2. The first kappa shape index (κ1) is 12.5. The van der Waals surface area contributed by atoms with E-state index < -0.39 is 0 Å². The van der Waals surface area contributed by atoms with Crippen LogP contribution < -0.4 is 10.6 Å². The van der Waals surface area contributed by atoms with Crippen molar-refractivity contribution < 1.29 is 4.79 Å². The molecular formula is C12H24N2O. The zero-order chi connectivity index (χ0) is 11.6. The molecule has 0 aromatic carbocycles. The number of piperidine rings is 1. The predicted octanol–water partition coefficient (Wildman–Crippen LogP) is 1.68. The first-order chi connectivity index (χ1) is 6.80. The van der Waals surface area contributed by atoms with Crippen LogP contribution in [0.1, 0.15) is 47.5 Å². The van der Waals surface area contributed by atoms with Crippen LogP contribution in [-0.4, -0.2) is 24.0 Å². The molecule has 0 spiro atoms. The lowest BCUT2D eigenvalue weighted by Crippen LogP contribution is -2.56. The average Bonchev–Trinajstić information content (AvgIpc) is 2.08. The first-order valence-electron chi connectivity index (χ1n) is 5.87. The van der Waals surface area contributed by atoms with Crippen molar-refractivity contribution in [2.45, 2.75) is 65.6 Å². The summed E-state index contributed by atoms with van der Waals surface area (Å²) >= 11 is 0. The summed E-state index contributed by atoms with van der Waals surface area (Å²) in [6.45, 7) is 10.2. The topological polar surface area (TPSA) is 41.1 Å². The molecule has 0 aliphatic carbocycles. The molecule has 1 aliphatic heterocycles. The molecule has 15 heavy (non-hydrogen) atoms. The molecule has 0 aromatic rings. The molecular weight excluding hydrogens is 188 g/mol. The van der Waals surface area contributed by atoms with Crippen LogP contribution in [0.25, 0.3) is 0 Å². The van der Waals surface area contributed by atoms with Crippen LogP contribution in [0.4, 0.5) is 0 Å². The van der Waals surface area contributed by atoms with Crippen molar-refractivity contribution in [3.8, 4) is 0 Å². The van der Waals surface area contributed by atoms with E-state index >= 15 is 0 Å². The Morgan fingerprint density at radius 1 is 1.27 bits per heavy atom. The first-order valence-corrected chi connectivity index (χ1v) is 5.87. The van der Waals surface area contributed by atoms with Gasteiger partial charge in [0.05, 0.1) is 0 Å². The van der Waals surface area contributed by atoms with Gasteiger partial charge in [0, 0.05) is 23.5 Å². The van der Waals surface area contributed by atoms with E-state index in [0.717, 1.165) is 12.8 Å². The van der Waals surface area contributed by atoms with E-state index in [0.29, 0.717) is 12.1 Å². The number of rotatable bonds is 1. The van der Waals surface area contributed by atoms with E-state index in [1.807, 2.05) is 20.8 Å². The molecule has 3 nitrogen and oxygen atoms in total. The fourth-order valence-corrected chi connectivity index (χ4v) is 1.91. The number of nitrogens with one attached hydrogen (secondary N) is 2. The van der Waals surface area contributed by atoms with Crippen molar-refractivity contribution in [2.75, 3.05) is 0 Å². The molecule has 0 radical (unpaired) electrons. The molecule has 0 bridgehead atoms. The molecule has 1 fully saturated rings. The van der Waals surface area contributed by atoms with Gasteiger partial charge in [-0.05, 0) is 26.7 Å². The molecule has 1 aliphatic rings. The van der Waals surface area contributed by atoms with Gasteiger partial charge in [0.25, 0.3) is 0 Å². The Kier molecular flexibility index (Phi) is 3.77. The van der Waals surface area contributed by atoms with Crippen molar-refractivity contribution in [3.63, 3.8) is 0 Å². The highest BCUT2D eigenvalue weighted by Crippen LogP contribution is 2.17. The molecule has 1 amide bonds. The third-order valence-electron chi connectivity index (χ3n) is 3.06. The van der Waals surface area contributed by atoms with Gasteiger partial charge in [-0.3, -0.25) is 4.79 Å². The molecule has 2 N–H and O–H groups in total. The summed E-state index contributed by atoms with van der Waals surface area (Å²) in [5.41, 5.74) is -0.289. The second-order valence-corrected chi connectivity index (χ2v) is 5.76. The van der Waals surface area contributed by atoms with E-state index in [-0.39, 0.29) is 17.4 Å². The van der Waals surface area contributed by atoms with Crippen molar-refractivity contribution in [1.82, 2.24) is 10.6 Å². The standard InChI is InChI=1S/C12H24N2O/c1-8-6-7-10(9(2)13-8)14-11(15)12(3,4)5/h8-10,13H,6-7H2,1-5H3,(H,14,15). The highest BCUT2D eigenvalue weighted by Gasteiger charge is 2.29. The average molecular weight is 212 g/mol. The summed E-state index contributed by atoms with van der Waals surface area (Å²) in [5.74, 6) is 0.149. The van der Waals surface area contributed by atoms with Gasteiger partial charge in [0.2, 0.25) is 5.91 Å². The van der Waals surface area contributed by atoms with E-state index in [1.54, 1.807) is 0 Å². The molecule has 1 heterocycles.